The van der Waals surface area contributed by atoms with E-state index in [1.165, 1.54) is 5.57 Å². The van der Waals surface area contributed by atoms with E-state index >= 15 is 0 Å². The fourth-order valence-electron chi connectivity index (χ4n) is 7.76. The molecule has 2 aromatic carbocycles. The highest BCUT2D eigenvalue weighted by Crippen LogP contribution is 2.44. The topological polar surface area (TPSA) is 93.1 Å². The lowest BCUT2D eigenvalue weighted by Crippen LogP contribution is -2.41. The zero-order valence-electron chi connectivity index (χ0n) is 30.5. The Morgan fingerprint density at radius 3 is 2.16 bits per heavy atom. The maximum atomic E-state index is 13.8. The molecule has 0 radical (unpaired) electrons. The molecular weight excluding hydrogens is 620 g/mol. The molecule has 0 aliphatic carbocycles. The van der Waals surface area contributed by atoms with Gasteiger partial charge in [0.1, 0.15) is 5.60 Å². The minimum Gasteiger partial charge on any atom is -0.493 e. The van der Waals surface area contributed by atoms with Crippen molar-refractivity contribution in [3.8, 4) is 23.0 Å². The molecule has 0 aromatic heterocycles. The minimum absolute atomic E-state index is 0.0142. The monoisotopic (exact) mass is 670 g/mol. The molecule has 10 nitrogen and oxygen atoms in total. The molecule has 0 bridgehead atoms. The standard InChI is InChI=1S/C39H50N4O6/c1-23(2)41-20-27-12-25(4)19-43(27)37(45)29-14-32(46-9)34(16-31(29)41)48-22-38(5,6)21-39(7,8)49-35-15-30-28(13-33(35)47-10)36(44)42-18-24(3)11-26(42)17-40-30/h13-19,23,26-27H,11-12,20-22H2,1-10H3. The maximum Gasteiger partial charge on any atom is 0.260 e. The Morgan fingerprint density at radius 2 is 1.47 bits per heavy atom. The molecule has 2 amide bonds. The van der Waals surface area contributed by atoms with Gasteiger partial charge < -0.3 is 33.6 Å². The second kappa shape index (κ2) is 12.8. The highest BCUT2D eigenvalue weighted by molar-refractivity contribution is 6.04. The predicted octanol–water partition coefficient (Wildman–Crippen LogP) is 7.54. The largest absolute Gasteiger partial charge is 0.493 e. The third-order valence-electron chi connectivity index (χ3n) is 9.69. The molecule has 0 saturated heterocycles. The first-order valence-electron chi connectivity index (χ1n) is 17.2. The highest BCUT2D eigenvalue weighted by atomic mass is 16.5. The molecule has 6 rings (SSSR count). The first kappa shape index (κ1) is 34.4. The lowest BCUT2D eigenvalue weighted by molar-refractivity contribution is 0.0340. The van der Waals surface area contributed by atoms with Crippen molar-refractivity contribution in [1.82, 2.24) is 9.80 Å². The van der Waals surface area contributed by atoms with Crippen LogP contribution in [0.1, 0.15) is 95.4 Å². The van der Waals surface area contributed by atoms with Crippen LogP contribution in [0.2, 0.25) is 0 Å². The van der Waals surface area contributed by atoms with Crippen LogP contribution in [0.3, 0.4) is 0 Å². The number of anilines is 1. The highest BCUT2D eigenvalue weighted by Gasteiger charge is 2.38. The van der Waals surface area contributed by atoms with Gasteiger partial charge in [0.05, 0.1) is 55.4 Å². The molecule has 2 atom stereocenters. The average molecular weight is 671 g/mol. The van der Waals surface area contributed by atoms with Gasteiger partial charge in [-0.25, -0.2) is 0 Å². The van der Waals surface area contributed by atoms with Crippen LogP contribution in [0.4, 0.5) is 11.4 Å². The first-order chi connectivity index (χ1) is 23.1. The molecule has 0 N–H and O–H groups in total. The van der Waals surface area contributed by atoms with Crippen LogP contribution < -0.4 is 23.8 Å². The van der Waals surface area contributed by atoms with E-state index in [0.29, 0.717) is 52.8 Å². The number of fused-ring (bicyclic) bond motifs is 4. The Balaban J connectivity index is 1.20. The van der Waals surface area contributed by atoms with Crippen LogP contribution in [0, 0.1) is 5.41 Å². The molecule has 4 aliphatic heterocycles. The zero-order chi connectivity index (χ0) is 35.4. The lowest BCUT2D eigenvalue weighted by atomic mass is 9.82. The van der Waals surface area contributed by atoms with E-state index in [0.717, 1.165) is 30.6 Å². The van der Waals surface area contributed by atoms with Crippen LogP contribution in [0.5, 0.6) is 23.0 Å². The summed E-state index contributed by atoms with van der Waals surface area (Å²) in [6.45, 7) is 17.9. The fourth-order valence-corrected chi connectivity index (χ4v) is 7.76. The van der Waals surface area contributed by atoms with Gasteiger partial charge >= 0.3 is 0 Å². The number of benzene rings is 2. The maximum absolute atomic E-state index is 13.8. The van der Waals surface area contributed by atoms with Gasteiger partial charge in [0.25, 0.3) is 11.8 Å². The molecule has 2 aromatic rings. The molecular formula is C39H50N4O6. The molecule has 2 unspecified atom stereocenters. The fraction of sp³-hybridized carbons (Fsp3) is 0.513. The number of aliphatic imine (C=N–C) groups is 1. The average Bonchev–Trinajstić information content (AvgIpc) is 3.54. The molecule has 262 valence electrons. The van der Waals surface area contributed by atoms with Gasteiger partial charge in [0, 0.05) is 48.7 Å². The number of carbonyl (C=O) groups is 2. The van der Waals surface area contributed by atoms with Crippen molar-refractivity contribution in [3.05, 3.63) is 58.9 Å². The summed E-state index contributed by atoms with van der Waals surface area (Å²) in [7, 11) is 3.18. The van der Waals surface area contributed by atoms with Crippen LogP contribution in [-0.4, -0.2) is 78.9 Å². The van der Waals surface area contributed by atoms with Crippen LogP contribution in [0.15, 0.2) is 52.8 Å². The van der Waals surface area contributed by atoms with E-state index in [2.05, 4.69) is 39.5 Å². The third kappa shape index (κ3) is 6.74. The minimum atomic E-state index is -0.636. The number of carbonyl (C=O) groups excluding carboxylic acids is 2. The number of ether oxygens (including phenoxy) is 4. The summed E-state index contributed by atoms with van der Waals surface area (Å²) in [5.74, 6) is 2.01. The van der Waals surface area contributed by atoms with Crippen molar-refractivity contribution in [2.24, 2.45) is 10.4 Å². The molecule has 10 heteroatoms. The Kier molecular flexibility index (Phi) is 8.96. The van der Waals surface area contributed by atoms with Gasteiger partial charge in [-0.15, -0.1) is 0 Å². The van der Waals surface area contributed by atoms with E-state index in [4.69, 9.17) is 23.9 Å². The molecule has 4 heterocycles. The predicted molar refractivity (Wildman–Crippen MR) is 192 cm³/mol. The summed E-state index contributed by atoms with van der Waals surface area (Å²) >= 11 is 0. The van der Waals surface area contributed by atoms with Crippen LogP contribution in [0.25, 0.3) is 0 Å². The zero-order valence-corrected chi connectivity index (χ0v) is 30.5. The summed E-state index contributed by atoms with van der Waals surface area (Å²) in [5, 5.41) is 0. The number of nitrogens with zero attached hydrogens (tertiary/aromatic N) is 4. The van der Waals surface area contributed by atoms with Gasteiger partial charge in [0.15, 0.2) is 23.0 Å². The second-order valence-corrected chi connectivity index (χ2v) is 15.6. The quantitative estimate of drug-likeness (QED) is 0.258. The third-order valence-corrected chi connectivity index (χ3v) is 9.69. The van der Waals surface area contributed by atoms with E-state index in [-0.39, 0.29) is 35.4 Å². The molecule has 49 heavy (non-hydrogen) atoms. The second-order valence-electron chi connectivity index (χ2n) is 15.6. The number of rotatable bonds is 10. The summed E-state index contributed by atoms with van der Waals surface area (Å²) < 4.78 is 24.7. The van der Waals surface area contributed by atoms with E-state index in [9.17, 15) is 9.59 Å². The van der Waals surface area contributed by atoms with Crippen LogP contribution in [-0.2, 0) is 0 Å². The molecule has 0 saturated carbocycles. The summed E-state index contributed by atoms with van der Waals surface area (Å²) in [4.78, 5) is 37.8. The smallest absolute Gasteiger partial charge is 0.260 e. The van der Waals surface area contributed by atoms with Crippen molar-refractivity contribution in [3.63, 3.8) is 0 Å². The van der Waals surface area contributed by atoms with E-state index in [1.54, 1.807) is 31.3 Å². The van der Waals surface area contributed by atoms with Crippen LogP contribution >= 0.6 is 0 Å². The summed E-state index contributed by atoms with van der Waals surface area (Å²) in [6.07, 6.45) is 8.00. The van der Waals surface area contributed by atoms with Gasteiger partial charge in [-0.2, -0.15) is 0 Å². The van der Waals surface area contributed by atoms with Gasteiger partial charge in [-0.05, 0) is 72.9 Å². The lowest BCUT2D eigenvalue weighted by Gasteiger charge is -2.36. The summed E-state index contributed by atoms with van der Waals surface area (Å²) in [6, 6.07) is 7.53. The molecule has 4 aliphatic rings. The Morgan fingerprint density at radius 1 is 0.837 bits per heavy atom. The Bertz CT molecular complexity index is 1760. The Hall–Kier alpha value is -4.47. The SMILES string of the molecule is COc1cc2c(cc1OCC(C)(C)CC(C)(C)Oc1cc3c(cc1OC)C(=O)N1C=C(C)CC1C=N3)N(C(C)C)CC1CC(C)=CN1C2=O. The van der Waals surface area contributed by atoms with Crippen molar-refractivity contribution < 1.29 is 28.5 Å². The van der Waals surface area contributed by atoms with E-state index in [1.807, 2.05) is 56.4 Å². The Labute approximate surface area is 290 Å². The molecule has 0 fully saturated rings. The number of methoxy groups -OCH3 is 2. The van der Waals surface area contributed by atoms with Crippen molar-refractivity contribution in [2.45, 2.75) is 98.4 Å². The first-order valence-corrected chi connectivity index (χ1v) is 17.2. The van der Waals surface area contributed by atoms with Crippen molar-refractivity contribution in [1.29, 1.82) is 0 Å². The van der Waals surface area contributed by atoms with E-state index < -0.39 is 5.60 Å². The molecule has 0 spiro atoms. The number of amides is 2. The van der Waals surface area contributed by atoms with Crippen molar-refractivity contribution in [2.75, 3.05) is 32.3 Å². The van der Waals surface area contributed by atoms with Gasteiger partial charge in [-0.1, -0.05) is 25.0 Å². The summed E-state index contributed by atoms with van der Waals surface area (Å²) in [5.41, 5.74) is 3.92. The normalized spacial score (nSPS) is 20.3. The number of hydrogen-bond acceptors (Lipinski definition) is 8. The van der Waals surface area contributed by atoms with Crippen molar-refractivity contribution >= 4 is 29.4 Å². The van der Waals surface area contributed by atoms with Gasteiger partial charge in [0.2, 0.25) is 0 Å². The van der Waals surface area contributed by atoms with Gasteiger partial charge in [-0.3, -0.25) is 14.6 Å². The number of hydrogen-bond donors (Lipinski definition) is 0.